The smallest absolute Gasteiger partial charge is 0.105 e. The summed E-state index contributed by atoms with van der Waals surface area (Å²) in [4.78, 5) is 0. The summed E-state index contributed by atoms with van der Waals surface area (Å²) < 4.78 is 4.85. The molecule has 2 nitrogen and oxygen atoms in total. The van der Waals surface area contributed by atoms with Crippen molar-refractivity contribution in [1.82, 2.24) is 0 Å². The van der Waals surface area contributed by atoms with E-state index < -0.39 is 0 Å². The van der Waals surface area contributed by atoms with Gasteiger partial charge in [0, 0.05) is 0 Å². The molecule has 0 bridgehead atoms. The third-order valence-corrected chi connectivity index (χ3v) is 1.35. The first kappa shape index (κ1) is 8.50. The van der Waals surface area contributed by atoms with Crippen molar-refractivity contribution in [3.63, 3.8) is 0 Å². The molecule has 0 aliphatic rings. The lowest BCUT2D eigenvalue weighted by Crippen LogP contribution is -2.28. The van der Waals surface area contributed by atoms with Crippen molar-refractivity contribution in [1.29, 1.82) is 0 Å². The Morgan fingerprint density at radius 1 is 1.56 bits per heavy atom. The molecule has 0 aromatic carbocycles. The predicted octanol–water partition coefficient (Wildman–Crippen LogP) is 1.13. The van der Waals surface area contributed by atoms with Gasteiger partial charge >= 0.3 is 0 Å². The second kappa shape index (κ2) is 3.51. The third-order valence-electron chi connectivity index (χ3n) is 1.35. The molecule has 0 aromatic rings. The van der Waals surface area contributed by atoms with Crippen LogP contribution in [-0.4, -0.2) is 13.2 Å². The molecule has 9 heavy (non-hydrogen) atoms. The van der Waals surface area contributed by atoms with E-state index in [0.717, 1.165) is 0 Å². The SMILES string of the molecule is C=C(OC)C(N)C(C)C. The van der Waals surface area contributed by atoms with Gasteiger partial charge in [0.05, 0.1) is 13.2 Å². The van der Waals surface area contributed by atoms with E-state index in [1.54, 1.807) is 7.11 Å². The van der Waals surface area contributed by atoms with Crippen molar-refractivity contribution in [2.75, 3.05) is 7.11 Å². The highest BCUT2D eigenvalue weighted by Crippen LogP contribution is 2.06. The van der Waals surface area contributed by atoms with E-state index in [0.29, 0.717) is 11.7 Å². The standard InChI is InChI=1S/C7H15NO/c1-5(2)7(8)6(3)9-4/h5,7H,3,8H2,1-2,4H3. The zero-order valence-corrected chi connectivity index (χ0v) is 6.35. The number of nitrogens with two attached hydrogens (primary N) is 1. The monoisotopic (exact) mass is 129 g/mol. The van der Waals surface area contributed by atoms with Gasteiger partial charge in [0.15, 0.2) is 0 Å². The van der Waals surface area contributed by atoms with Crippen LogP contribution >= 0.6 is 0 Å². The summed E-state index contributed by atoms with van der Waals surface area (Å²) in [7, 11) is 1.59. The summed E-state index contributed by atoms with van der Waals surface area (Å²) in [6.07, 6.45) is 0. The van der Waals surface area contributed by atoms with Crippen molar-refractivity contribution in [2.45, 2.75) is 19.9 Å². The topological polar surface area (TPSA) is 35.2 Å². The average molecular weight is 129 g/mol. The van der Waals surface area contributed by atoms with Crippen molar-refractivity contribution in [3.05, 3.63) is 12.3 Å². The van der Waals surface area contributed by atoms with Gasteiger partial charge in [-0.25, -0.2) is 0 Å². The Kier molecular flexibility index (Phi) is 3.32. The number of rotatable bonds is 3. The molecular weight excluding hydrogens is 114 g/mol. The van der Waals surface area contributed by atoms with Crippen LogP contribution in [0.1, 0.15) is 13.8 Å². The lowest BCUT2D eigenvalue weighted by atomic mass is 10.0. The summed E-state index contributed by atoms with van der Waals surface area (Å²) in [6, 6.07) is -0.0324. The summed E-state index contributed by atoms with van der Waals surface area (Å²) in [6.45, 7) is 7.72. The normalized spacial score (nSPS) is 13.4. The van der Waals surface area contributed by atoms with Crippen molar-refractivity contribution >= 4 is 0 Å². The van der Waals surface area contributed by atoms with E-state index in [-0.39, 0.29) is 6.04 Å². The van der Waals surface area contributed by atoms with E-state index in [4.69, 9.17) is 10.5 Å². The van der Waals surface area contributed by atoms with Crippen LogP contribution in [0.15, 0.2) is 12.3 Å². The van der Waals surface area contributed by atoms with E-state index in [1.807, 2.05) is 13.8 Å². The van der Waals surface area contributed by atoms with Crippen molar-refractivity contribution in [2.24, 2.45) is 11.7 Å². The van der Waals surface area contributed by atoms with Crippen LogP contribution in [0.4, 0.5) is 0 Å². The first-order chi connectivity index (χ1) is 4.09. The number of hydrogen-bond donors (Lipinski definition) is 1. The maximum absolute atomic E-state index is 5.65. The molecule has 0 aliphatic carbocycles. The molecule has 0 heterocycles. The molecule has 0 amide bonds. The Labute approximate surface area is 56.7 Å². The van der Waals surface area contributed by atoms with E-state index in [2.05, 4.69) is 6.58 Å². The average Bonchev–Trinajstić information content (AvgIpc) is 1.84. The maximum Gasteiger partial charge on any atom is 0.105 e. The van der Waals surface area contributed by atoms with E-state index in [9.17, 15) is 0 Å². The molecule has 0 fully saturated rings. The zero-order chi connectivity index (χ0) is 7.44. The van der Waals surface area contributed by atoms with Gasteiger partial charge in [0.2, 0.25) is 0 Å². The number of hydrogen-bond acceptors (Lipinski definition) is 2. The summed E-state index contributed by atoms with van der Waals surface area (Å²) >= 11 is 0. The van der Waals surface area contributed by atoms with Gasteiger partial charge in [-0.1, -0.05) is 20.4 Å². The van der Waals surface area contributed by atoms with Gasteiger partial charge in [-0.2, -0.15) is 0 Å². The molecule has 0 rings (SSSR count). The fourth-order valence-corrected chi connectivity index (χ4v) is 0.508. The third kappa shape index (κ3) is 2.51. The zero-order valence-electron chi connectivity index (χ0n) is 6.35. The first-order valence-corrected chi connectivity index (χ1v) is 3.08. The van der Waals surface area contributed by atoms with Crippen LogP contribution in [0.2, 0.25) is 0 Å². The Bertz CT molecular complexity index is 99.1. The van der Waals surface area contributed by atoms with Gasteiger partial charge in [-0.05, 0) is 5.92 Å². The van der Waals surface area contributed by atoms with Crippen LogP contribution in [0.5, 0.6) is 0 Å². The molecule has 1 unspecified atom stereocenters. The van der Waals surface area contributed by atoms with Crippen LogP contribution in [-0.2, 0) is 4.74 Å². The Hall–Kier alpha value is -0.500. The minimum Gasteiger partial charge on any atom is -0.500 e. The van der Waals surface area contributed by atoms with Crippen LogP contribution in [0.25, 0.3) is 0 Å². The lowest BCUT2D eigenvalue weighted by molar-refractivity contribution is 0.249. The minimum absolute atomic E-state index is 0.0324. The molecule has 2 heteroatoms. The van der Waals surface area contributed by atoms with Crippen LogP contribution < -0.4 is 5.73 Å². The van der Waals surface area contributed by atoms with Crippen LogP contribution in [0, 0.1) is 5.92 Å². The van der Waals surface area contributed by atoms with Gasteiger partial charge in [-0.15, -0.1) is 0 Å². The first-order valence-electron chi connectivity index (χ1n) is 3.08. The lowest BCUT2D eigenvalue weighted by Gasteiger charge is -2.16. The van der Waals surface area contributed by atoms with E-state index in [1.165, 1.54) is 0 Å². The van der Waals surface area contributed by atoms with Gasteiger partial charge < -0.3 is 10.5 Å². The highest BCUT2D eigenvalue weighted by atomic mass is 16.5. The molecule has 0 saturated heterocycles. The summed E-state index contributed by atoms with van der Waals surface area (Å²) in [5, 5.41) is 0. The number of ether oxygens (including phenoxy) is 1. The Balaban J connectivity index is 3.72. The maximum atomic E-state index is 5.65. The molecule has 0 aromatic heterocycles. The Morgan fingerprint density at radius 3 is 2.11 bits per heavy atom. The second-order valence-corrected chi connectivity index (χ2v) is 2.44. The summed E-state index contributed by atoms with van der Waals surface area (Å²) in [5.41, 5.74) is 5.65. The molecule has 54 valence electrons. The van der Waals surface area contributed by atoms with Gasteiger partial charge in [-0.3, -0.25) is 0 Å². The minimum atomic E-state index is -0.0324. The van der Waals surface area contributed by atoms with Crippen molar-refractivity contribution in [3.8, 4) is 0 Å². The quantitative estimate of drug-likeness (QED) is 0.580. The molecular formula is C7H15NO. The molecule has 0 radical (unpaired) electrons. The highest BCUT2D eigenvalue weighted by molar-refractivity contribution is 4.95. The summed E-state index contributed by atoms with van der Waals surface area (Å²) in [5.74, 6) is 1.06. The van der Waals surface area contributed by atoms with Crippen LogP contribution in [0.3, 0.4) is 0 Å². The second-order valence-electron chi connectivity index (χ2n) is 2.44. The van der Waals surface area contributed by atoms with Crippen molar-refractivity contribution < 1.29 is 4.74 Å². The van der Waals surface area contributed by atoms with E-state index >= 15 is 0 Å². The molecule has 0 saturated carbocycles. The molecule has 0 aliphatic heterocycles. The molecule has 0 spiro atoms. The largest absolute Gasteiger partial charge is 0.500 e. The molecule has 2 N–H and O–H groups in total. The number of methoxy groups -OCH3 is 1. The van der Waals surface area contributed by atoms with Gasteiger partial charge in [0.25, 0.3) is 0 Å². The highest BCUT2D eigenvalue weighted by Gasteiger charge is 2.10. The van der Waals surface area contributed by atoms with Gasteiger partial charge in [0.1, 0.15) is 5.76 Å². The Morgan fingerprint density at radius 2 is 2.00 bits per heavy atom. The molecule has 1 atom stereocenters. The fraction of sp³-hybridized carbons (Fsp3) is 0.714. The fourth-order valence-electron chi connectivity index (χ4n) is 0.508. The predicted molar refractivity (Wildman–Crippen MR) is 39.0 cm³/mol.